The lowest BCUT2D eigenvalue weighted by Crippen LogP contribution is -2.30. The van der Waals surface area contributed by atoms with Crippen LogP contribution in [0.5, 0.6) is 0 Å². The first-order chi connectivity index (χ1) is 5.97. The summed E-state index contributed by atoms with van der Waals surface area (Å²) in [7, 11) is 0. The Kier molecular flexibility index (Phi) is 2.21. The zero-order valence-electron chi connectivity index (χ0n) is 7.03. The molecule has 0 N–H and O–H groups in total. The molecule has 0 amide bonds. The van der Waals surface area contributed by atoms with Crippen LogP contribution in [-0.4, -0.2) is 23.1 Å². The monoisotopic (exact) mass is 162 g/mol. The highest BCUT2D eigenvalue weighted by Gasteiger charge is 2.10. The molecule has 2 heterocycles. The molecule has 12 heavy (non-hydrogen) atoms. The van der Waals surface area contributed by atoms with Crippen molar-refractivity contribution in [2.24, 2.45) is 0 Å². The molecule has 0 aromatic carbocycles. The van der Waals surface area contributed by atoms with E-state index in [1.807, 2.05) is 6.07 Å². The molecule has 1 aromatic rings. The summed E-state index contributed by atoms with van der Waals surface area (Å²) in [4.78, 5) is 10.2. The maximum absolute atomic E-state index is 4.09. The molecule has 1 fully saturated rings. The average molecular weight is 162 g/mol. The van der Waals surface area contributed by atoms with Gasteiger partial charge in [0.1, 0.15) is 5.82 Å². The third kappa shape index (κ3) is 1.55. The Morgan fingerprint density at radius 2 is 2.08 bits per heavy atom. The zero-order chi connectivity index (χ0) is 8.23. The highest BCUT2D eigenvalue weighted by Crippen LogP contribution is 2.15. The van der Waals surface area contributed by atoms with Crippen LogP contribution in [0, 0.1) is 6.33 Å². The van der Waals surface area contributed by atoms with Gasteiger partial charge in [0.2, 0.25) is 0 Å². The molecule has 3 heteroatoms. The van der Waals surface area contributed by atoms with E-state index in [0.29, 0.717) is 0 Å². The minimum absolute atomic E-state index is 1.02. The maximum Gasteiger partial charge on any atom is 0.199 e. The van der Waals surface area contributed by atoms with E-state index in [2.05, 4.69) is 21.2 Å². The summed E-state index contributed by atoms with van der Waals surface area (Å²) in [5.74, 6) is 1.02. The number of anilines is 1. The molecule has 0 saturated carbocycles. The van der Waals surface area contributed by atoms with Gasteiger partial charge in [0.25, 0.3) is 0 Å². The lowest BCUT2D eigenvalue weighted by atomic mass is 10.1. The number of aromatic nitrogens is 2. The van der Waals surface area contributed by atoms with Gasteiger partial charge in [-0.15, -0.1) is 0 Å². The van der Waals surface area contributed by atoms with Gasteiger partial charge in [0.15, 0.2) is 6.33 Å². The molecule has 1 aliphatic heterocycles. The van der Waals surface area contributed by atoms with Crippen LogP contribution in [0.2, 0.25) is 0 Å². The third-order valence-electron chi connectivity index (χ3n) is 2.20. The van der Waals surface area contributed by atoms with E-state index < -0.39 is 0 Å². The number of piperidine rings is 1. The molecule has 1 radical (unpaired) electrons. The van der Waals surface area contributed by atoms with E-state index in [0.717, 1.165) is 18.9 Å². The fourth-order valence-electron chi connectivity index (χ4n) is 1.55. The lowest BCUT2D eigenvalue weighted by molar-refractivity contribution is 0.573. The standard InChI is InChI=1S/C9H12N3/c1-2-6-12(7-3-1)9-4-5-10-8-11-9/h4-5H,1-3,6-7H2. The van der Waals surface area contributed by atoms with Crippen LogP contribution < -0.4 is 4.90 Å². The normalized spacial score (nSPS) is 17.8. The van der Waals surface area contributed by atoms with Gasteiger partial charge in [-0.25, -0.2) is 9.97 Å². The summed E-state index contributed by atoms with van der Waals surface area (Å²) in [6.07, 6.45) is 8.28. The predicted molar refractivity (Wildman–Crippen MR) is 46.9 cm³/mol. The molecule has 3 nitrogen and oxygen atoms in total. The second-order valence-corrected chi connectivity index (χ2v) is 3.06. The Balaban J connectivity index is 2.08. The van der Waals surface area contributed by atoms with Gasteiger partial charge in [0, 0.05) is 19.3 Å². The summed E-state index contributed by atoms with van der Waals surface area (Å²) < 4.78 is 0. The molecule has 63 valence electrons. The van der Waals surface area contributed by atoms with Crippen LogP contribution in [0.15, 0.2) is 12.3 Å². The summed E-state index contributed by atoms with van der Waals surface area (Å²) in [6, 6.07) is 1.95. The fourth-order valence-corrected chi connectivity index (χ4v) is 1.55. The van der Waals surface area contributed by atoms with E-state index >= 15 is 0 Å². The smallest absolute Gasteiger partial charge is 0.199 e. The van der Waals surface area contributed by atoms with E-state index in [9.17, 15) is 0 Å². The molecule has 1 aliphatic rings. The number of hydrogen-bond donors (Lipinski definition) is 0. The second-order valence-electron chi connectivity index (χ2n) is 3.06. The predicted octanol–water partition coefficient (Wildman–Crippen LogP) is 1.27. The highest BCUT2D eigenvalue weighted by molar-refractivity contribution is 5.36. The minimum Gasteiger partial charge on any atom is -0.357 e. The Morgan fingerprint density at radius 3 is 2.75 bits per heavy atom. The van der Waals surface area contributed by atoms with Crippen molar-refractivity contribution >= 4 is 5.82 Å². The van der Waals surface area contributed by atoms with Crippen molar-refractivity contribution < 1.29 is 0 Å². The van der Waals surface area contributed by atoms with Crippen molar-refractivity contribution in [3.63, 3.8) is 0 Å². The third-order valence-corrected chi connectivity index (χ3v) is 2.20. The van der Waals surface area contributed by atoms with Crippen LogP contribution in [0.3, 0.4) is 0 Å². The van der Waals surface area contributed by atoms with Crippen LogP contribution in [-0.2, 0) is 0 Å². The maximum atomic E-state index is 4.09. The van der Waals surface area contributed by atoms with Gasteiger partial charge < -0.3 is 4.90 Å². The lowest BCUT2D eigenvalue weighted by Gasteiger charge is -2.27. The summed E-state index contributed by atoms with van der Waals surface area (Å²) in [6.45, 7) is 2.26. The summed E-state index contributed by atoms with van der Waals surface area (Å²) >= 11 is 0. The SMILES string of the molecule is [c]1nccc(N2CCCCC2)n1. The van der Waals surface area contributed by atoms with Crippen LogP contribution in [0.1, 0.15) is 19.3 Å². The fraction of sp³-hybridized carbons (Fsp3) is 0.556. The minimum atomic E-state index is 1.02. The second kappa shape index (κ2) is 3.52. The summed E-state index contributed by atoms with van der Waals surface area (Å²) in [5.41, 5.74) is 0. The molecule has 1 saturated heterocycles. The molecular weight excluding hydrogens is 150 g/mol. The van der Waals surface area contributed by atoms with Gasteiger partial charge in [-0.3, -0.25) is 0 Å². The van der Waals surface area contributed by atoms with E-state index in [1.165, 1.54) is 19.3 Å². The Bertz CT molecular complexity index is 229. The Labute approximate surface area is 72.4 Å². The molecule has 1 aromatic heterocycles. The molecule has 0 unspecified atom stereocenters. The molecule has 2 rings (SSSR count). The first-order valence-corrected chi connectivity index (χ1v) is 4.41. The number of hydrogen-bond acceptors (Lipinski definition) is 3. The van der Waals surface area contributed by atoms with Gasteiger partial charge in [-0.05, 0) is 25.3 Å². The van der Waals surface area contributed by atoms with Crippen LogP contribution in [0.4, 0.5) is 5.82 Å². The topological polar surface area (TPSA) is 29.0 Å². The van der Waals surface area contributed by atoms with Gasteiger partial charge in [0.05, 0.1) is 0 Å². The van der Waals surface area contributed by atoms with Crippen LogP contribution in [0.25, 0.3) is 0 Å². The molecule has 0 aliphatic carbocycles. The Morgan fingerprint density at radius 1 is 1.25 bits per heavy atom. The first-order valence-electron chi connectivity index (χ1n) is 4.41. The van der Waals surface area contributed by atoms with Crippen LogP contribution >= 0.6 is 0 Å². The molecule has 0 atom stereocenters. The van der Waals surface area contributed by atoms with Crippen molar-refractivity contribution in [3.05, 3.63) is 18.6 Å². The van der Waals surface area contributed by atoms with Gasteiger partial charge in [-0.1, -0.05) is 0 Å². The highest BCUT2D eigenvalue weighted by atomic mass is 15.2. The van der Waals surface area contributed by atoms with E-state index in [4.69, 9.17) is 0 Å². The van der Waals surface area contributed by atoms with Crippen molar-refractivity contribution in [2.45, 2.75) is 19.3 Å². The van der Waals surface area contributed by atoms with E-state index in [-0.39, 0.29) is 0 Å². The van der Waals surface area contributed by atoms with Gasteiger partial charge in [-0.2, -0.15) is 0 Å². The van der Waals surface area contributed by atoms with E-state index in [1.54, 1.807) is 6.20 Å². The quantitative estimate of drug-likeness (QED) is 0.622. The molecular formula is C9H12N3. The number of nitrogens with zero attached hydrogens (tertiary/aromatic N) is 3. The van der Waals surface area contributed by atoms with Crippen molar-refractivity contribution in [1.82, 2.24) is 9.97 Å². The average Bonchev–Trinajstić information content (AvgIpc) is 2.21. The molecule has 0 bridgehead atoms. The first kappa shape index (κ1) is 7.53. The largest absolute Gasteiger partial charge is 0.357 e. The van der Waals surface area contributed by atoms with Gasteiger partial charge >= 0.3 is 0 Å². The zero-order valence-corrected chi connectivity index (χ0v) is 7.03. The molecule has 0 spiro atoms. The number of rotatable bonds is 1. The van der Waals surface area contributed by atoms with Crippen molar-refractivity contribution in [2.75, 3.05) is 18.0 Å². The Hall–Kier alpha value is -1.12. The summed E-state index contributed by atoms with van der Waals surface area (Å²) in [5, 5.41) is 0. The van der Waals surface area contributed by atoms with Crippen molar-refractivity contribution in [3.8, 4) is 0 Å². The van der Waals surface area contributed by atoms with Crippen molar-refractivity contribution in [1.29, 1.82) is 0 Å².